The van der Waals surface area contributed by atoms with Crippen LogP contribution in [0.25, 0.3) is 76.8 Å². The largest absolute Gasteiger partial charge is 0.310 e. The highest BCUT2D eigenvalue weighted by atomic mass is 19.2. The highest BCUT2D eigenvalue weighted by Crippen LogP contribution is 2.49. The van der Waals surface area contributed by atoms with Gasteiger partial charge in [-0.1, -0.05) is 84.9 Å². The normalized spacial score (nSPS) is 11.5. The quantitative estimate of drug-likeness (QED) is 0.0995. The third kappa shape index (κ3) is 8.60. The Bertz CT molecular complexity index is 3740. The van der Waals surface area contributed by atoms with Crippen LogP contribution in [0, 0.1) is 46.5 Å². The summed E-state index contributed by atoms with van der Waals surface area (Å²) < 4.78 is 122. The number of rotatable bonds is 10. The van der Waals surface area contributed by atoms with Crippen LogP contribution in [0.2, 0.25) is 0 Å². The molecule has 0 saturated heterocycles. The van der Waals surface area contributed by atoms with Crippen molar-refractivity contribution in [1.82, 2.24) is 0 Å². The molecule has 358 valence electrons. The first-order valence-electron chi connectivity index (χ1n) is 23.5. The van der Waals surface area contributed by atoms with Crippen LogP contribution in [0.1, 0.15) is 0 Å². The van der Waals surface area contributed by atoms with E-state index in [1.165, 1.54) is 72.8 Å². The molecule has 0 aliphatic rings. The van der Waals surface area contributed by atoms with E-state index in [0.29, 0.717) is 78.0 Å². The van der Waals surface area contributed by atoms with Crippen LogP contribution in [0.15, 0.2) is 218 Å². The fourth-order valence-corrected chi connectivity index (χ4v) is 10.2. The number of hydrogen-bond acceptors (Lipinski definition) is 2. The minimum atomic E-state index is -0.838. The second-order valence-corrected chi connectivity index (χ2v) is 18.1. The van der Waals surface area contributed by atoms with Gasteiger partial charge in [0.1, 0.15) is 46.5 Å². The molecule has 2 nitrogen and oxygen atoms in total. The van der Waals surface area contributed by atoms with Crippen molar-refractivity contribution in [2.45, 2.75) is 0 Å². The van der Waals surface area contributed by atoms with Crippen LogP contribution in [-0.2, 0) is 0 Å². The Morgan fingerprint density at radius 1 is 0.216 bits per heavy atom. The molecule has 0 atom stereocenters. The molecule has 0 unspecified atom stereocenters. The topological polar surface area (TPSA) is 6.48 Å². The predicted molar refractivity (Wildman–Crippen MR) is 281 cm³/mol. The van der Waals surface area contributed by atoms with Crippen molar-refractivity contribution in [2.75, 3.05) is 9.80 Å². The Balaban J connectivity index is 1.12. The fourth-order valence-electron chi connectivity index (χ4n) is 10.2. The first-order valence-corrected chi connectivity index (χ1v) is 23.5. The van der Waals surface area contributed by atoms with E-state index in [2.05, 4.69) is 0 Å². The highest BCUT2D eigenvalue weighted by molar-refractivity contribution is 6.28. The van der Waals surface area contributed by atoms with Crippen molar-refractivity contribution < 1.29 is 35.1 Å². The summed E-state index contributed by atoms with van der Waals surface area (Å²) in [5.74, 6) is -5.29. The molecule has 0 spiro atoms. The number of anilines is 6. The first-order chi connectivity index (χ1) is 35.9. The van der Waals surface area contributed by atoms with E-state index in [4.69, 9.17) is 0 Å². The SMILES string of the molecule is Fc1cccc(-c2cc(-c3cccc(F)c3)cc(N(c3cc(F)cc(F)c3)c3ccc4ccc5c(N(c6cc(F)cc(F)c6)c6cc(-c7cccc(F)c7)cc(-c7cccc(F)c7)c6)ccc6ccc3c4c65)c2)c1. The van der Waals surface area contributed by atoms with E-state index in [1.54, 1.807) is 94.7 Å². The highest BCUT2D eigenvalue weighted by Gasteiger charge is 2.25. The molecule has 0 aliphatic heterocycles. The second-order valence-electron chi connectivity index (χ2n) is 18.1. The molecule has 0 radical (unpaired) electrons. The van der Waals surface area contributed by atoms with Crippen LogP contribution >= 0.6 is 0 Å². The summed E-state index contributed by atoms with van der Waals surface area (Å²) in [5, 5.41) is 4.37. The van der Waals surface area contributed by atoms with E-state index in [-0.39, 0.29) is 11.4 Å². The maximum atomic E-state index is 15.5. The molecule has 0 amide bonds. The molecule has 0 fully saturated rings. The van der Waals surface area contributed by atoms with Crippen molar-refractivity contribution in [3.8, 4) is 44.5 Å². The molecule has 0 N–H and O–H groups in total. The second kappa shape index (κ2) is 18.4. The molecule has 12 aromatic rings. The molecule has 10 heteroatoms. The standard InChI is InChI=1S/C64H36F8N2/c65-47-9-1-5-39(23-47)43-21-44(40-6-2-10-48(66)24-40)28-55(27-43)73(57-33-51(69)31-52(70)34-57)61-19-15-37-14-18-60-62(20-16-38-13-17-59(61)63(37)64(38)60)74(58-35-53(71)32-54(72)36-58)56-29-45(41-7-3-11-49(67)25-41)22-46(30-56)42-8-4-12-50(68)26-42/h1-36H. The molecule has 0 heterocycles. The first kappa shape index (κ1) is 45.8. The number of halogens is 8. The van der Waals surface area contributed by atoms with Crippen LogP contribution < -0.4 is 9.80 Å². The average molecular weight is 985 g/mol. The van der Waals surface area contributed by atoms with Crippen molar-refractivity contribution in [1.29, 1.82) is 0 Å². The van der Waals surface area contributed by atoms with Gasteiger partial charge in [0.05, 0.1) is 22.7 Å². The van der Waals surface area contributed by atoms with E-state index >= 15 is 17.6 Å². The minimum Gasteiger partial charge on any atom is -0.310 e. The van der Waals surface area contributed by atoms with E-state index in [1.807, 2.05) is 48.5 Å². The number of hydrogen-bond donors (Lipinski definition) is 0. The summed E-state index contributed by atoms with van der Waals surface area (Å²) in [6, 6.07) is 56.3. The lowest BCUT2D eigenvalue weighted by Crippen LogP contribution is -2.13. The van der Waals surface area contributed by atoms with Crippen LogP contribution in [-0.4, -0.2) is 0 Å². The zero-order valence-corrected chi connectivity index (χ0v) is 38.7. The Labute approximate surface area is 419 Å². The summed E-state index contributed by atoms with van der Waals surface area (Å²) in [5.41, 5.74) is 6.25. The Kier molecular flexibility index (Phi) is 11.4. The van der Waals surface area contributed by atoms with Gasteiger partial charge in [-0.25, -0.2) is 35.1 Å². The van der Waals surface area contributed by atoms with Gasteiger partial charge in [0.15, 0.2) is 0 Å². The Morgan fingerprint density at radius 3 is 0.797 bits per heavy atom. The van der Waals surface area contributed by atoms with Gasteiger partial charge in [0.2, 0.25) is 0 Å². The van der Waals surface area contributed by atoms with Crippen LogP contribution in [0.4, 0.5) is 69.2 Å². The van der Waals surface area contributed by atoms with Crippen LogP contribution in [0.3, 0.4) is 0 Å². The summed E-state index contributed by atoms with van der Waals surface area (Å²) in [6.07, 6.45) is 0. The fraction of sp³-hybridized carbons (Fsp3) is 0. The maximum absolute atomic E-state index is 15.5. The smallest absolute Gasteiger partial charge is 0.128 e. The van der Waals surface area contributed by atoms with Gasteiger partial charge in [0.25, 0.3) is 0 Å². The van der Waals surface area contributed by atoms with E-state index in [0.717, 1.165) is 33.7 Å². The molecular weight excluding hydrogens is 949 g/mol. The molecule has 0 bridgehead atoms. The summed E-state index contributed by atoms with van der Waals surface area (Å²) in [6.45, 7) is 0. The van der Waals surface area contributed by atoms with Gasteiger partial charge >= 0.3 is 0 Å². The van der Waals surface area contributed by atoms with Crippen molar-refractivity contribution in [2.24, 2.45) is 0 Å². The zero-order valence-electron chi connectivity index (χ0n) is 38.7. The predicted octanol–water partition coefficient (Wildman–Crippen LogP) is 19.3. The van der Waals surface area contributed by atoms with Crippen molar-refractivity contribution >= 4 is 66.4 Å². The lowest BCUT2D eigenvalue weighted by molar-refractivity contribution is 0.583. The molecule has 12 rings (SSSR count). The van der Waals surface area contributed by atoms with Gasteiger partial charge < -0.3 is 9.80 Å². The van der Waals surface area contributed by atoms with E-state index in [9.17, 15) is 17.6 Å². The monoisotopic (exact) mass is 984 g/mol. The average Bonchev–Trinajstić information content (AvgIpc) is 3.38. The molecule has 12 aromatic carbocycles. The summed E-state index contributed by atoms with van der Waals surface area (Å²) in [7, 11) is 0. The molecule has 0 aromatic heterocycles. The van der Waals surface area contributed by atoms with Gasteiger partial charge in [-0.05, 0) is 187 Å². The Hall–Kier alpha value is -9.28. The third-order valence-corrected chi connectivity index (χ3v) is 13.3. The van der Waals surface area contributed by atoms with Gasteiger partial charge in [0, 0.05) is 34.3 Å². The van der Waals surface area contributed by atoms with E-state index < -0.39 is 46.5 Å². The molecule has 0 aliphatic carbocycles. The lowest BCUT2D eigenvalue weighted by atomic mass is 9.91. The Morgan fingerprint density at radius 2 is 0.500 bits per heavy atom. The van der Waals surface area contributed by atoms with Gasteiger partial charge in [-0.2, -0.15) is 0 Å². The van der Waals surface area contributed by atoms with Crippen molar-refractivity contribution in [3.05, 3.63) is 265 Å². The molecule has 74 heavy (non-hydrogen) atoms. The number of benzene rings is 12. The van der Waals surface area contributed by atoms with Gasteiger partial charge in [-0.15, -0.1) is 0 Å². The van der Waals surface area contributed by atoms with Crippen molar-refractivity contribution in [3.63, 3.8) is 0 Å². The maximum Gasteiger partial charge on any atom is 0.128 e. The minimum absolute atomic E-state index is 0.117. The van der Waals surface area contributed by atoms with Gasteiger partial charge in [-0.3, -0.25) is 0 Å². The summed E-state index contributed by atoms with van der Waals surface area (Å²) >= 11 is 0. The number of nitrogens with zero attached hydrogens (tertiary/aromatic N) is 2. The molecule has 0 saturated carbocycles. The third-order valence-electron chi connectivity index (χ3n) is 13.3. The lowest BCUT2D eigenvalue weighted by Gasteiger charge is -2.30. The van der Waals surface area contributed by atoms with Crippen LogP contribution in [0.5, 0.6) is 0 Å². The zero-order chi connectivity index (χ0) is 50.8. The summed E-state index contributed by atoms with van der Waals surface area (Å²) in [4.78, 5) is 3.41. The molecular formula is C64H36F8N2.